The van der Waals surface area contributed by atoms with Crippen molar-refractivity contribution in [3.8, 4) is 0 Å². The predicted octanol–water partition coefficient (Wildman–Crippen LogP) is 2.56. The summed E-state index contributed by atoms with van der Waals surface area (Å²) in [6, 6.07) is 4.19. The van der Waals surface area contributed by atoms with Crippen LogP contribution in [-0.4, -0.2) is 9.38 Å². The van der Waals surface area contributed by atoms with Crippen molar-refractivity contribution < 1.29 is 0 Å². The summed E-state index contributed by atoms with van der Waals surface area (Å²) in [6.45, 7) is 4.11. The quantitative estimate of drug-likeness (QED) is 0.674. The predicted molar refractivity (Wildman–Crippen MR) is 57.4 cm³/mol. The van der Waals surface area contributed by atoms with Gasteiger partial charge in [0.1, 0.15) is 9.35 Å². The summed E-state index contributed by atoms with van der Waals surface area (Å²) in [4.78, 5) is 4.43. The molecular weight excluding hydrogens is 263 g/mol. The van der Waals surface area contributed by atoms with E-state index in [4.69, 9.17) is 0 Å². The number of hydrogen-bond donors (Lipinski definition) is 0. The van der Waals surface area contributed by atoms with E-state index in [2.05, 4.69) is 57.2 Å². The van der Waals surface area contributed by atoms with Crippen molar-refractivity contribution in [2.75, 3.05) is 0 Å². The van der Waals surface area contributed by atoms with E-state index < -0.39 is 0 Å². The number of hydrogen-bond acceptors (Lipinski definition) is 1. The van der Waals surface area contributed by atoms with E-state index in [0.29, 0.717) is 0 Å². The Balaban J connectivity index is 2.87. The normalized spacial score (nSPS) is 10.9. The third kappa shape index (κ3) is 1.12. The van der Waals surface area contributed by atoms with E-state index in [1.165, 1.54) is 9.26 Å². The van der Waals surface area contributed by atoms with Crippen LogP contribution in [-0.2, 0) is 0 Å². The Bertz CT molecular complexity index is 431. The first-order valence-electron chi connectivity index (χ1n) is 3.79. The Morgan fingerprint density at radius 2 is 2.17 bits per heavy atom. The van der Waals surface area contributed by atoms with Gasteiger partial charge < -0.3 is 0 Å². The molecule has 0 N–H and O–H groups in total. The molecule has 0 saturated carbocycles. The monoisotopic (exact) mass is 272 g/mol. The molecule has 0 amide bonds. The van der Waals surface area contributed by atoms with Gasteiger partial charge >= 0.3 is 0 Å². The van der Waals surface area contributed by atoms with Crippen LogP contribution >= 0.6 is 22.6 Å². The van der Waals surface area contributed by atoms with Crippen molar-refractivity contribution in [3.63, 3.8) is 0 Å². The first-order chi connectivity index (χ1) is 5.68. The van der Waals surface area contributed by atoms with Crippen LogP contribution in [0.5, 0.6) is 0 Å². The summed E-state index contributed by atoms with van der Waals surface area (Å²) in [5.74, 6) is 0. The number of rotatable bonds is 0. The van der Waals surface area contributed by atoms with E-state index in [0.717, 1.165) is 11.3 Å². The highest BCUT2D eigenvalue weighted by Crippen LogP contribution is 2.14. The minimum absolute atomic E-state index is 1.04. The van der Waals surface area contributed by atoms with Crippen LogP contribution in [0.3, 0.4) is 0 Å². The van der Waals surface area contributed by atoms with E-state index >= 15 is 0 Å². The van der Waals surface area contributed by atoms with Gasteiger partial charge in [0.25, 0.3) is 0 Å². The highest BCUT2D eigenvalue weighted by atomic mass is 127. The lowest BCUT2D eigenvalue weighted by Gasteiger charge is -1.95. The zero-order valence-corrected chi connectivity index (χ0v) is 9.16. The minimum atomic E-state index is 1.04. The first kappa shape index (κ1) is 8.04. The number of imidazole rings is 1. The fourth-order valence-electron chi connectivity index (χ4n) is 1.23. The highest BCUT2D eigenvalue weighted by molar-refractivity contribution is 14.1. The highest BCUT2D eigenvalue weighted by Gasteiger charge is 2.03. The van der Waals surface area contributed by atoms with Crippen LogP contribution in [0.25, 0.3) is 5.65 Å². The molecule has 0 aliphatic heterocycles. The van der Waals surface area contributed by atoms with Gasteiger partial charge in [-0.05, 0) is 54.1 Å². The summed E-state index contributed by atoms with van der Waals surface area (Å²) in [6.07, 6.45) is 2.06. The van der Waals surface area contributed by atoms with Crippen LogP contribution < -0.4 is 0 Å². The van der Waals surface area contributed by atoms with Crippen molar-refractivity contribution in [2.45, 2.75) is 13.8 Å². The number of pyridine rings is 1. The second-order valence-corrected chi connectivity index (χ2v) is 3.94. The molecule has 2 nitrogen and oxygen atoms in total. The first-order valence-corrected chi connectivity index (χ1v) is 4.87. The molecule has 0 aliphatic rings. The van der Waals surface area contributed by atoms with Gasteiger partial charge in [0, 0.05) is 6.20 Å². The Morgan fingerprint density at radius 3 is 2.92 bits per heavy atom. The zero-order chi connectivity index (χ0) is 8.72. The summed E-state index contributed by atoms with van der Waals surface area (Å²) in [7, 11) is 0. The molecule has 0 fully saturated rings. The second-order valence-electron chi connectivity index (χ2n) is 2.92. The van der Waals surface area contributed by atoms with Gasteiger partial charge in [-0.2, -0.15) is 0 Å². The van der Waals surface area contributed by atoms with E-state index in [1.807, 2.05) is 6.92 Å². The second kappa shape index (κ2) is 2.73. The van der Waals surface area contributed by atoms with Crippen LogP contribution in [0, 0.1) is 17.5 Å². The van der Waals surface area contributed by atoms with Gasteiger partial charge in [-0.3, -0.25) is 4.40 Å². The fourth-order valence-corrected chi connectivity index (χ4v) is 1.76. The Hall–Kier alpha value is -0.580. The van der Waals surface area contributed by atoms with Gasteiger partial charge in [0.15, 0.2) is 0 Å². The van der Waals surface area contributed by atoms with Crippen LogP contribution in [0.15, 0.2) is 18.3 Å². The van der Waals surface area contributed by atoms with Gasteiger partial charge in [-0.15, -0.1) is 0 Å². The molecule has 0 radical (unpaired) electrons. The van der Waals surface area contributed by atoms with Crippen molar-refractivity contribution >= 4 is 28.2 Å². The summed E-state index contributed by atoms with van der Waals surface area (Å²) in [5.41, 5.74) is 3.39. The lowest BCUT2D eigenvalue weighted by Crippen LogP contribution is -1.86. The number of aromatic nitrogens is 2. The van der Waals surface area contributed by atoms with Crippen molar-refractivity contribution in [3.05, 3.63) is 33.3 Å². The van der Waals surface area contributed by atoms with E-state index in [1.54, 1.807) is 0 Å². The molecule has 12 heavy (non-hydrogen) atoms. The molecule has 0 saturated heterocycles. The summed E-state index contributed by atoms with van der Waals surface area (Å²) >= 11 is 2.31. The number of halogens is 1. The maximum absolute atomic E-state index is 4.43. The Labute approximate surface area is 84.8 Å². The fraction of sp³-hybridized carbons (Fsp3) is 0.222. The Morgan fingerprint density at radius 1 is 1.42 bits per heavy atom. The SMILES string of the molecule is Cc1ccn2c(I)c(C)nc2c1. The zero-order valence-electron chi connectivity index (χ0n) is 7.00. The summed E-state index contributed by atoms with van der Waals surface area (Å²) in [5, 5.41) is 0. The topological polar surface area (TPSA) is 17.3 Å². The molecule has 0 aromatic carbocycles. The van der Waals surface area contributed by atoms with Gasteiger partial charge in [0.05, 0.1) is 5.69 Å². The molecule has 62 valence electrons. The lowest BCUT2D eigenvalue weighted by molar-refractivity contribution is 1.13. The molecule has 0 bridgehead atoms. The Kier molecular flexibility index (Phi) is 1.83. The third-order valence-corrected chi connectivity index (χ3v) is 3.18. The number of aryl methyl sites for hydroxylation is 2. The third-order valence-electron chi connectivity index (χ3n) is 1.88. The molecular formula is C9H9IN2. The van der Waals surface area contributed by atoms with E-state index in [9.17, 15) is 0 Å². The number of fused-ring (bicyclic) bond motifs is 1. The van der Waals surface area contributed by atoms with Gasteiger partial charge in [-0.25, -0.2) is 4.98 Å². The lowest BCUT2D eigenvalue weighted by atomic mass is 10.3. The number of nitrogens with zero attached hydrogens (tertiary/aromatic N) is 2. The molecule has 2 heterocycles. The molecule has 0 spiro atoms. The standard InChI is InChI=1S/C9H9IN2/c1-6-3-4-12-8(5-6)11-7(2)9(12)10/h3-5H,1-2H3. The largest absolute Gasteiger partial charge is 0.295 e. The average molecular weight is 272 g/mol. The van der Waals surface area contributed by atoms with Crippen molar-refractivity contribution in [1.29, 1.82) is 0 Å². The van der Waals surface area contributed by atoms with Crippen LogP contribution in [0.2, 0.25) is 0 Å². The maximum Gasteiger partial charge on any atom is 0.138 e. The molecule has 0 aliphatic carbocycles. The molecule has 2 aromatic heterocycles. The maximum atomic E-state index is 4.43. The molecule has 2 aromatic rings. The average Bonchev–Trinajstić information content (AvgIpc) is 2.28. The van der Waals surface area contributed by atoms with E-state index in [-0.39, 0.29) is 0 Å². The molecule has 0 unspecified atom stereocenters. The van der Waals surface area contributed by atoms with Crippen molar-refractivity contribution in [1.82, 2.24) is 9.38 Å². The molecule has 0 atom stereocenters. The van der Waals surface area contributed by atoms with Crippen LogP contribution in [0.4, 0.5) is 0 Å². The van der Waals surface area contributed by atoms with Crippen LogP contribution in [0.1, 0.15) is 11.3 Å². The summed E-state index contributed by atoms with van der Waals surface area (Å²) < 4.78 is 3.30. The molecule has 2 rings (SSSR count). The minimum Gasteiger partial charge on any atom is -0.295 e. The van der Waals surface area contributed by atoms with Crippen molar-refractivity contribution in [2.24, 2.45) is 0 Å². The smallest absolute Gasteiger partial charge is 0.138 e. The van der Waals surface area contributed by atoms with Gasteiger partial charge in [-0.1, -0.05) is 0 Å². The molecule has 3 heteroatoms. The van der Waals surface area contributed by atoms with Gasteiger partial charge in [0.2, 0.25) is 0 Å².